The summed E-state index contributed by atoms with van der Waals surface area (Å²) >= 11 is 0. The van der Waals surface area contributed by atoms with Crippen LogP contribution in [0.15, 0.2) is 52.2 Å². The second kappa shape index (κ2) is 4.35. The predicted molar refractivity (Wildman–Crippen MR) is 69.4 cm³/mol. The van der Waals surface area contributed by atoms with Gasteiger partial charge in [-0.3, -0.25) is 14.2 Å². The molecule has 0 atom stereocenters. The molecule has 96 valence electrons. The maximum Gasteiger partial charge on any atom is 0.338 e. The van der Waals surface area contributed by atoms with Crippen molar-refractivity contribution in [3.63, 3.8) is 0 Å². The van der Waals surface area contributed by atoms with Crippen molar-refractivity contribution < 1.29 is 4.79 Å². The largest absolute Gasteiger partial charge is 0.338 e. The van der Waals surface area contributed by atoms with Gasteiger partial charge in [0.1, 0.15) is 0 Å². The molecule has 19 heavy (non-hydrogen) atoms. The third-order valence-electron chi connectivity index (χ3n) is 3.17. The van der Waals surface area contributed by atoms with E-state index in [4.69, 9.17) is 0 Å². The Morgan fingerprint density at radius 3 is 2.37 bits per heavy atom. The molecule has 1 fully saturated rings. The van der Waals surface area contributed by atoms with Gasteiger partial charge in [-0.05, 0) is 25.0 Å². The molecule has 2 aromatic rings. The molecule has 0 spiro atoms. The third-order valence-corrected chi connectivity index (χ3v) is 3.17. The summed E-state index contributed by atoms with van der Waals surface area (Å²) in [5.74, 6) is -0.578. The molecule has 1 aromatic carbocycles. The van der Waals surface area contributed by atoms with E-state index in [-0.39, 0.29) is 6.04 Å². The van der Waals surface area contributed by atoms with Crippen LogP contribution in [0.2, 0.25) is 0 Å². The van der Waals surface area contributed by atoms with E-state index in [1.807, 2.05) is 0 Å². The zero-order valence-electron chi connectivity index (χ0n) is 10.2. The Labute approximate surface area is 108 Å². The monoisotopic (exact) mass is 256 g/mol. The van der Waals surface area contributed by atoms with Crippen LogP contribution in [-0.2, 0) is 0 Å². The Balaban J connectivity index is 2.15. The average molecular weight is 256 g/mol. The van der Waals surface area contributed by atoms with Crippen LogP contribution in [0.25, 0.3) is 0 Å². The van der Waals surface area contributed by atoms with Gasteiger partial charge < -0.3 is 0 Å². The molecule has 1 aliphatic rings. The summed E-state index contributed by atoms with van der Waals surface area (Å²) in [4.78, 5) is 36.2. The van der Waals surface area contributed by atoms with Crippen LogP contribution in [-0.4, -0.2) is 15.0 Å². The minimum absolute atomic E-state index is 0.128. The van der Waals surface area contributed by atoms with Crippen LogP contribution in [0.1, 0.15) is 29.2 Å². The van der Waals surface area contributed by atoms with Gasteiger partial charge in [-0.2, -0.15) is 4.57 Å². The molecule has 0 radical (unpaired) electrons. The van der Waals surface area contributed by atoms with Gasteiger partial charge in [-0.15, -0.1) is 0 Å². The first-order valence-corrected chi connectivity index (χ1v) is 6.12. The zero-order valence-corrected chi connectivity index (χ0v) is 10.2. The molecule has 0 bridgehead atoms. The van der Waals surface area contributed by atoms with Crippen molar-refractivity contribution in [1.82, 2.24) is 9.13 Å². The first-order chi connectivity index (χ1) is 9.18. The number of carbonyl (C=O) groups excluding carboxylic acids is 1. The first-order valence-electron chi connectivity index (χ1n) is 6.12. The Bertz CT molecular complexity index is 739. The van der Waals surface area contributed by atoms with E-state index in [0.29, 0.717) is 10.1 Å². The summed E-state index contributed by atoms with van der Waals surface area (Å²) in [7, 11) is 0. The highest BCUT2D eigenvalue weighted by Crippen LogP contribution is 2.32. The van der Waals surface area contributed by atoms with Crippen LogP contribution in [0.4, 0.5) is 0 Å². The summed E-state index contributed by atoms with van der Waals surface area (Å²) in [6.07, 6.45) is 3.30. The second-order valence-electron chi connectivity index (χ2n) is 4.58. The summed E-state index contributed by atoms with van der Waals surface area (Å²) in [5, 5.41) is 0. The third kappa shape index (κ3) is 2.03. The minimum atomic E-state index is -0.587. The van der Waals surface area contributed by atoms with E-state index in [1.54, 1.807) is 30.3 Å². The van der Waals surface area contributed by atoms with Gasteiger partial charge in [0.15, 0.2) is 0 Å². The van der Waals surface area contributed by atoms with Crippen molar-refractivity contribution in [1.29, 1.82) is 0 Å². The van der Waals surface area contributed by atoms with Gasteiger partial charge in [0, 0.05) is 23.9 Å². The molecule has 0 saturated heterocycles. The van der Waals surface area contributed by atoms with Crippen molar-refractivity contribution >= 4 is 5.91 Å². The Kier molecular flexibility index (Phi) is 2.67. The molecule has 1 aromatic heterocycles. The molecule has 0 unspecified atom stereocenters. The number of carbonyl (C=O) groups is 1. The van der Waals surface area contributed by atoms with Crippen LogP contribution in [0.3, 0.4) is 0 Å². The van der Waals surface area contributed by atoms with E-state index in [0.717, 1.165) is 12.8 Å². The summed E-state index contributed by atoms with van der Waals surface area (Å²) in [5.41, 5.74) is -0.810. The number of rotatable bonds is 2. The van der Waals surface area contributed by atoms with E-state index < -0.39 is 17.2 Å². The Morgan fingerprint density at radius 2 is 1.74 bits per heavy atom. The molecule has 0 N–H and O–H groups in total. The molecule has 1 heterocycles. The fourth-order valence-electron chi connectivity index (χ4n) is 2.02. The normalized spacial score (nSPS) is 14.3. The number of aromatic nitrogens is 2. The zero-order chi connectivity index (χ0) is 13.4. The van der Waals surface area contributed by atoms with Gasteiger partial charge in [-0.25, -0.2) is 4.79 Å². The molecule has 3 rings (SSSR count). The number of nitrogens with zero attached hydrogens (tertiary/aromatic N) is 2. The Morgan fingerprint density at radius 1 is 1.05 bits per heavy atom. The van der Waals surface area contributed by atoms with Crippen molar-refractivity contribution in [2.75, 3.05) is 0 Å². The summed E-state index contributed by atoms with van der Waals surface area (Å²) < 4.78 is 2.16. The lowest BCUT2D eigenvalue weighted by Gasteiger charge is -2.07. The van der Waals surface area contributed by atoms with Gasteiger partial charge >= 0.3 is 5.69 Å². The SMILES string of the molecule is O=C(c1ccccc1)n1c(=O)ccn(C2CC2)c1=O. The summed E-state index contributed by atoms with van der Waals surface area (Å²) in [6.45, 7) is 0. The number of benzene rings is 1. The smallest absolute Gasteiger partial charge is 0.297 e. The topological polar surface area (TPSA) is 61.1 Å². The highest BCUT2D eigenvalue weighted by molar-refractivity contribution is 5.95. The molecular weight excluding hydrogens is 244 g/mol. The maximum absolute atomic E-state index is 12.2. The highest BCUT2D eigenvalue weighted by atomic mass is 16.2. The van der Waals surface area contributed by atoms with Crippen molar-refractivity contribution in [2.45, 2.75) is 18.9 Å². The molecule has 1 aliphatic carbocycles. The van der Waals surface area contributed by atoms with Gasteiger partial charge in [0.25, 0.3) is 11.5 Å². The standard InChI is InChI=1S/C14H12N2O3/c17-12-8-9-15(11-6-7-11)14(19)16(12)13(18)10-4-2-1-3-5-10/h1-5,8-9,11H,6-7H2. The van der Waals surface area contributed by atoms with E-state index in [1.165, 1.54) is 16.8 Å². The highest BCUT2D eigenvalue weighted by Gasteiger charge is 2.26. The van der Waals surface area contributed by atoms with E-state index in [2.05, 4.69) is 0 Å². The lowest BCUT2D eigenvalue weighted by atomic mass is 10.2. The molecule has 5 heteroatoms. The lowest BCUT2D eigenvalue weighted by Crippen LogP contribution is -2.42. The van der Waals surface area contributed by atoms with Crippen LogP contribution >= 0.6 is 0 Å². The quantitative estimate of drug-likeness (QED) is 0.806. The molecule has 0 amide bonds. The molecular formula is C14H12N2O3. The van der Waals surface area contributed by atoms with Crippen molar-refractivity contribution in [2.24, 2.45) is 0 Å². The van der Waals surface area contributed by atoms with Crippen LogP contribution < -0.4 is 11.2 Å². The summed E-state index contributed by atoms with van der Waals surface area (Å²) in [6, 6.07) is 9.73. The lowest BCUT2D eigenvalue weighted by molar-refractivity contribution is 0.0948. The van der Waals surface area contributed by atoms with Crippen molar-refractivity contribution in [3.05, 3.63) is 69.0 Å². The number of hydrogen-bond acceptors (Lipinski definition) is 3. The molecule has 1 saturated carbocycles. The Hall–Kier alpha value is -2.43. The maximum atomic E-state index is 12.2. The van der Waals surface area contributed by atoms with Gasteiger partial charge in [0.2, 0.25) is 0 Å². The fourth-order valence-corrected chi connectivity index (χ4v) is 2.02. The van der Waals surface area contributed by atoms with Crippen molar-refractivity contribution in [3.8, 4) is 0 Å². The van der Waals surface area contributed by atoms with Gasteiger partial charge in [0.05, 0.1) is 0 Å². The molecule has 0 aliphatic heterocycles. The van der Waals surface area contributed by atoms with Gasteiger partial charge in [-0.1, -0.05) is 18.2 Å². The average Bonchev–Trinajstić information content (AvgIpc) is 3.24. The van der Waals surface area contributed by atoms with Crippen LogP contribution in [0.5, 0.6) is 0 Å². The number of hydrogen-bond donors (Lipinski definition) is 0. The predicted octanol–water partition coefficient (Wildman–Crippen LogP) is 1.03. The van der Waals surface area contributed by atoms with E-state index in [9.17, 15) is 14.4 Å². The fraction of sp³-hybridized carbons (Fsp3) is 0.214. The minimum Gasteiger partial charge on any atom is -0.297 e. The first kappa shape index (κ1) is 11.6. The van der Waals surface area contributed by atoms with E-state index >= 15 is 0 Å². The molecule has 5 nitrogen and oxygen atoms in total. The van der Waals surface area contributed by atoms with Crippen LogP contribution in [0, 0.1) is 0 Å². The second-order valence-corrected chi connectivity index (χ2v) is 4.58.